The fraction of sp³-hybridized carbons (Fsp3) is 0.500. The second-order valence-corrected chi connectivity index (χ2v) is 10.8. The third kappa shape index (κ3) is 4.36. The van der Waals surface area contributed by atoms with Gasteiger partial charge in [-0.2, -0.15) is 0 Å². The summed E-state index contributed by atoms with van der Waals surface area (Å²) < 4.78 is 24.9. The van der Waals surface area contributed by atoms with Gasteiger partial charge in [0.1, 0.15) is 0 Å². The van der Waals surface area contributed by atoms with E-state index in [4.69, 9.17) is 11.6 Å². The third-order valence-corrected chi connectivity index (χ3v) is 7.74. The van der Waals surface area contributed by atoms with Crippen molar-refractivity contribution in [1.82, 2.24) is 14.5 Å². The quantitative estimate of drug-likeness (QED) is 0.520. The van der Waals surface area contributed by atoms with E-state index in [9.17, 15) is 18.0 Å². The number of nitrogens with zero attached hydrogens (tertiary/aromatic N) is 3. The van der Waals surface area contributed by atoms with Crippen molar-refractivity contribution in [3.63, 3.8) is 0 Å². The van der Waals surface area contributed by atoms with Crippen LogP contribution in [0.4, 0.5) is 0 Å². The van der Waals surface area contributed by atoms with Crippen molar-refractivity contribution < 1.29 is 13.2 Å². The maximum absolute atomic E-state index is 12.9. The highest BCUT2D eigenvalue weighted by atomic mass is 35.5. The van der Waals surface area contributed by atoms with E-state index in [2.05, 4.69) is 4.98 Å². The topological polar surface area (TPSA) is 89.3 Å². The molecule has 152 valence electrons. The van der Waals surface area contributed by atoms with Crippen LogP contribution in [-0.4, -0.2) is 59.1 Å². The lowest BCUT2D eigenvalue weighted by atomic mass is 10.2. The summed E-state index contributed by atoms with van der Waals surface area (Å²) in [5.74, 6) is -0.00736. The summed E-state index contributed by atoms with van der Waals surface area (Å²) in [6.07, 6.45) is 0.457. The molecule has 0 unspecified atom stereocenters. The van der Waals surface area contributed by atoms with Gasteiger partial charge in [-0.25, -0.2) is 13.4 Å². The molecule has 7 nitrogen and oxygen atoms in total. The summed E-state index contributed by atoms with van der Waals surface area (Å²) in [5, 5.41) is 1.40. The normalized spacial score (nSPS) is 18.7. The maximum atomic E-state index is 12.9. The molecule has 28 heavy (non-hydrogen) atoms. The second kappa shape index (κ2) is 8.04. The number of sulfone groups is 1. The lowest BCUT2D eigenvalue weighted by Gasteiger charge is -2.23. The molecule has 1 aromatic heterocycles. The number of rotatable bonds is 5. The van der Waals surface area contributed by atoms with Crippen LogP contribution in [0, 0.1) is 0 Å². The molecule has 2 aromatic rings. The molecule has 1 aliphatic rings. The van der Waals surface area contributed by atoms with Crippen LogP contribution < -0.4 is 5.56 Å². The Balaban J connectivity index is 1.84. The Morgan fingerprint density at radius 1 is 1.43 bits per heavy atom. The van der Waals surface area contributed by atoms with Crippen LogP contribution in [0.2, 0.25) is 5.02 Å². The molecule has 1 atom stereocenters. The minimum absolute atomic E-state index is 0.00331. The van der Waals surface area contributed by atoms with Crippen molar-refractivity contribution in [3.8, 4) is 0 Å². The van der Waals surface area contributed by atoms with Crippen molar-refractivity contribution in [1.29, 1.82) is 0 Å². The van der Waals surface area contributed by atoms with Crippen molar-refractivity contribution in [2.75, 3.05) is 24.3 Å². The van der Waals surface area contributed by atoms with Gasteiger partial charge in [-0.1, -0.05) is 23.4 Å². The van der Waals surface area contributed by atoms with Crippen LogP contribution in [0.3, 0.4) is 0 Å². The highest BCUT2D eigenvalue weighted by Crippen LogP contribution is 2.24. The zero-order chi connectivity index (χ0) is 20.6. The summed E-state index contributed by atoms with van der Waals surface area (Å²) in [7, 11) is -1.44. The van der Waals surface area contributed by atoms with Gasteiger partial charge in [-0.3, -0.25) is 14.2 Å². The van der Waals surface area contributed by atoms with Crippen molar-refractivity contribution in [3.05, 3.63) is 33.6 Å². The molecule has 0 aliphatic carbocycles. The number of benzene rings is 1. The fourth-order valence-corrected chi connectivity index (χ4v) is 6.21. The van der Waals surface area contributed by atoms with Gasteiger partial charge in [0, 0.05) is 24.2 Å². The molecule has 10 heteroatoms. The van der Waals surface area contributed by atoms with E-state index in [0.717, 1.165) is 0 Å². The highest BCUT2D eigenvalue weighted by molar-refractivity contribution is 7.99. The Kier molecular flexibility index (Phi) is 6.07. The average molecular weight is 444 g/mol. The van der Waals surface area contributed by atoms with Crippen LogP contribution in [0.1, 0.15) is 26.3 Å². The number of hydrogen-bond donors (Lipinski definition) is 0. The minimum atomic E-state index is -3.06. The number of hydrogen-bond acceptors (Lipinski definition) is 6. The Morgan fingerprint density at radius 3 is 2.75 bits per heavy atom. The predicted molar refractivity (Wildman–Crippen MR) is 112 cm³/mol. The molecular formula is C18H22ClN3O4S2. The SMILES string of the molecule is CC(C)n1c(SCC(=O)N(C)[C@@H]2CCS(=O)(=O)C2)nc2cc(Cl)ccc2c1=O. The van der Waals surface area contributed by atoms with Gasteiger partial charge in [0.05, 0.1) is 28.2 Å². The molecule has 1 fully saturated rings. The summed E-state index contributed by atoms with van der Waals surface area (Å²) >= 11 is 7.20. The van der Waals surface area contributed by atoms with Gasteiger partial charge in [-0.15, -0.1) is 0 Å². The summed E-state index contributed by atoms with van der Waals surface area (Å²) in [6.45, 7) is 3.76. The molecule has 0 radical (unpaired) electrons. The van der Waals surface area contributed by atoms with Gasteiger partial charge in [0.15, 0.2) is 15.0 Å². The lowest BCUT2D eigenvalue weighted by molar-refractivity contribution is -0.128. The van der Waals surface area contributed by atoms with E-state index in [1.54, 1.807) is 29.8 Å². The first kappa shape index (κ1) is 21.1. The molecule has 0 spiro atoms. The van der Waals surface area contributed by atoms with Gasteiger partial charge in [0.2, 0.25) is 5.91 Å². The molecule has 2 heterocycles. The van der Waals surface area contributed by atoms with Crippen LogP contribution in [0.5, 0.6) is 0 Å². The van der Waals surface area contributed by atoms with E-state index in [1.165, 1.54) is 16.7 Å². The number of carbonyl (C=O) groups is 1. The molecule has 3 rings (SSSR count). The number of thioether (sulfide) groups is 1. The molecule has 0 bridgehead atoms. The number of fused-ring (bicyclic) bond motifs is 1. The van der Waals surface area contributed by atoms with Crippen LogP contribution in [-0.2, 0) is 14.6 Å². The summed E-state index contributed by atoms with van der Waals surface area (Å²) in [4.78, 5) is 31.5. The third-order valence-electron chi connectivity index (χ3n) is 4.82. The Labute approximate surface area is 173 Å². The highest BCUT2D eigenvalue weighted by Gasteiger charge is 2.32. The van der Waals surface area contributed by atoms with E-state index in [-0.39, 0.29) is 40.8 Å². The number of carbonyl (C=O) groups excluding carboxylic acids is 1. The molecule has 0 N–H and O–H groups in total. The molecule has 1 aliphatic heterocycles. The summed E-state index contributed by atoms with van der Waals surface area (Å²) in [6, 6.07) is 4.51. The Hall–Kier alpha value is -1.58. The van der Waals surface area contributed by atoms with Gasteiger partial charge >= 0.3 is 0 Å². The van der Waals surface area contributed by atoms with Crippen molar-refractivity contribution >= 4 is 50.0 Å². The van der Waals surface area contributed by atoms with E-state index in [0.29, 0.717) is 27.5 Å². The Bertz CT molecular complexity index is 1080. The smallest absolute Gasteiger partial charge is 0.262 e. The monoisotopic (exact) mass is 443 g/mol. The van der Waals surface area contributed by atoms with Crippen molar-refractivity contribution in [2.24, 2.45) is 0 Å². The number of amides is 1. The number of halogens is 1. The van der Waals surface area contributed by atoms with Gasteiger partial charge in [0.25, 0.3) is 5.56 Å². The minimum Gasteiger partial charge on any atom is -0.341 e. The zero-order valence-electron chi connectivity index (χ0n) is 15.9. The van der Waals surface area contributed by atoms with Gasteiger partial charge in [-0.05, 0) is 38.5 Å². The maximum Gasteiger partial charge on any atom is 0.262 e. The molecule has 1 amide bonds. The predicted octanol–water partition coefficient (Wildman–Crippen LogP) is 2.37. The molecule has 1 saturated heterocycles. The van der Waals surface area contributed by atoms with Crippen molar-refractivity contribution in [2.45, 2.75) is 37.5 Å². The Morgan fingerprint density at radius 2 is 2.14 bits per heavy atom. The lowest BCUT2D eigenvalue weighted by Crippen LogP contribution is -2.39. The van der Waals surface area contributed by atoms with E-state index >= 15 is 0 Å². The van der Waals surface area contributed by atoms with E-state index < -0.39 is 9.84 Å². The molecule has 1 aromatic carbocycles. The first-order chi connectivity index (χ1) is 13.1. The van der Waals surface area contributed by atoms with E-state index in [1.807, 2.05) is 13.8 Å². The molecular weight excluding hydrogens is 422 g/mol. The van der Waals surface area contributed by atoms with Gasteiger partial charge < -0.3 is 4.90 Å². The first-order valence-corrected chi connectivity index (χ1v) is 12.1. The largest absolute Gasteiger partial charge is 0.341 e. The standard InChI is InChI=1S/C18H22ClN3O4S2/c1-11(2)22-17(24)14-5-4-12(19)8-15(14)20-18(22)27-9-16(23)21(3)13-6-7-28(25,26)10-13/h4-5,8,11,13H,6-7,9-10H2,1-3H3/t13-/m1/s1. The average Bonchev–Trinajstić information content (AvgIpc) is 2.98. The number of aromatic nitrogens is 2. The zero-order valence-corrected chi connectivity index (χ0v) is 18.3. The van der Waals surface area contributed by atoms with Crippen LogP contribution >= 0.6 is 23.4 Å². The second-order valence-electron chi connectivity index (χ2n) is 7.17. The van der Waals surface area contributed by atoms with Crippen LogP contribution in [0.25, 0.3) is 10.9 Å². The van der Waals surface area contributed by atoms with Crippen LogP contribution in [0.15, 0.2) is 28.2 Å². The molecule has 0 saturated carbocycles. The first-order valence-electron chi connectivity index (χ1n) is 8.90. The summed E-state index contributed by atoms with van der Waals surface area (Å²) in [5.41, 5.74) is 0.307. The fourth-order valence-electron chi connectivity index (χ4n) is 3.22.